The van der Waals surface area contributed by atoms with Crippen molar-refractivity contribution in [3.63, 3.8) is 0 Å². The van der Waals surface area contributed by atoms with Crippen LogP contribution in [0.5, 0.6) is 0 Å². The van der Waals surface area contributed by atoms with Gasteiger partial charge < -0.3 is 15.1 Å². The van der Waals surface area contributed by atoms with Crippen LogP contribution in [0.25, 0.3) is 0 Å². The maximum Gasteiger partial charge on any atom is 0.242 e. The summed E-state index contributed by atoms with van der Waals surface area (Å²) in [5.74, 6) is 0.217. The highest BCUT2D eigenvalue weighted by molar-refractivity contribution is 5.85. The first-order valence-electron chi connectivity index (χ1n) is 6.08. The number of hydrogen-bond acceptors (Lipinski definition) is 3. The van der Waals surface area contributed by atoms with Gasteiger partial charge in [0, 0.05) is 32.2 Å². The number of likely N-dealkylation sites (N-methyl/N-ethyl adjacent to an activating group) is 1. The molecule has 1 rings (SSSR count). The van der Waals surface area contributed by atoms with E-state index >= 15 is 0 Å². The fourth-order valence-electron chi connectivity index (χ4n) is 2.19. The Morgan fingerprint density at radius 3 is 2.12 bits per heavy atom. The van der Waals surface area contributed by atoms with Gasteiger partial charge in [0.15, 0.2) is 0 Å². The molecule has 1 saturated heterocycles. The summed E-state index contributed by atoms with van der Waals surface area (Å²) >= 11 is 0. The molecule has 0 saturated carbocycles. The third-order valence-electron chi connectivity index (χ3n) is 2.97. The highest BCUT2D eigenvalue weighted by Gasteiger charge is 2.33. The molecule has 1 N–H and O–H groups in total. The molecule has 0 aromatic carbocycles. The van der Waals surface area contributed by atoms with E-state index in [9.17, 15) is 4.79 Å². The Bertz CT molecular complexity index is 243. The van der Waals surface area contributed by atoms with Crippen molar-refractivity contribution >= 4 is 5.91 Å². The highest BCUT2D eigenvalue weighted by Crippen LogP contribution is 2.11. The molecule has 94 valence electrons. The number of nitrogens with one attached hydrogen (secondary N) is 1. The lowest BCUT2D eigenvalue weighted by Gasteiger charge is -2.38. The van der Waals surface area contributed by atoms with Gasteiger partial charge in [0.25, 0.3) is 0 Å². The summed E-state index contributed by atoms with van der Waals surface area (Å²) in [7, 11) is 2.10. The van der Waals surface area contributed by atoms with Crippen LogP contribution in [0.1, 0.15) is 27.7 Å². The lowest BCUT2D eigenvalue weighted by atomic mass is 10.0. The molecule has 0 spiro atoms. The largest absolute Gasteiger partial charge is 0.339 e. The van der Waals surface area contributed by atoms with Crippen LogP contribution in [0.4, 0.5) is 0 Å². The number of hydrogen-bond donors (Lipinski definition) is 1. The number of nitrogens with zero attached hydrogens (tertiary/aromatic N) is 2. The van der Waals surface area contributed by atoms with Crippen LogP contribution < -0.4 is 5.32 Å². The van der Waals surface area contributed by atoms with Gasteiger partial charge in [-0.15, -0.1) is 0 Å². The Balaban J connectivity index is 2.56. The fraction of sp³-hybridized carbons (Fsp3) is 0.917. The van der Waals surface area contributed by atoms with E-state index in [0.29, 0.717) is 6.04 Å². The fourth-order valence-corrected chi connectivity index (χ4v) is 2.19. The molecule has 4 nitrogen and oxygen atoms in total. The Labute approximate surface area is 99.0 Å². The molecule has 4 heteroatoms. The van der Waals surface area contributed by atoms with Crippen molar-refractivity contribution in [1.82, 2.24) is 15.1 Å². The van der Waals surface area contributed by atoms with E-state index in [4.69, 9.17) is 0 Å². The zero-order valence-corrected chi connectivity index (χ0v) is 11.2. The minimum absolute atomic E-state index is 0.217. The molecule has 1 fully saturated rings. The van der Waals surface area contributed by atoms with E-state index in [1.807, 2.05) is 18.7 Å². The standard InChI is InChI=1S/C12H25N3O/c1-10(2)13-12(3,4)11(16)15-8-6-14(5)7-9-15/h10,13H,6-9H2,1-5H3. The van der Waals surface area contributed by atoms with Crippen LogP contribution in [0.3, 0.4) is 0 Å². The average molecular weight is 227 g/mol. The van der Waals surface area contributed by atoms with Crippen LogP contribution >= 0.6 is 0 Å². The predicted molar refractivity (Wildman–Crippen MR) is 66.4 cm³/mol. The lowest BCUT2D eigenvalue weighted by Crippen LogP contribution is -2.59. The molecule has 0 atom stereocenters. The SMILES string of the molecule is CC(C)NC(C)(C)C(=O)N1CCN(C)CC1. The Morgan fingerprint density at radius 1 is 1.19 bits per heavy atom. The van der Waals surface area contributed by atoms with Gasteiger partial charge in [0.2, 0.25) is 5.91 Å². The Hall–Kier alpha value is -0.610. The van der Waals surface area contributed by atoms with Gasteiger partial charge in [-0.1, -0.05) is 0 Å². The third-order valence-corrected chi connectivity index (χ3v) is 2.97. The molecule has 0 aromatic heterocycles. The van der Waals surface area contributed by atoms with Crippen LogP contribution in [0.15, 0.2) is 0 Å². The molecule has 0 bridgehead atoms. The molecule has 1 aliphatic heterocycles. The summed E-state index contributed by atoms with van der Waals surface area (Å²) in [6.45, 7) is 11.7. The monoisotopic (exact) mass is 227 g/mol. The van der Waals surface area contributed by atoms with Crippen LogP contribution in [0, 0.1) is 0 Å². The maximum absolute atomic E-state index is 12.3. The lowest BCUT2D eigenvalue weighted by molar-refractivity contribution is -0.139. The molecule has 1 aliphatic rings. The number of carbonyl (C=O) groups is 1. The predicted octanol–water partition coefficient (Wildman–Crippen LogP) is 0.537. The minimum atomic E-state index is -0.454. The molecule has 0 unspecified atom stereocenters. The zero-order chi connectivity index (χ0) is 12.3. The van der Waals surface area contributed by atoms with E-state index < -0.39 is 5.54 Å². The van der Waals surface area contributed by atoms with Crippen molar-refractivity contribution < 1.29 is 4.79 Å². The van der Waals surface area contributed by atoms with Crippen molar-refractivity contribution in [1.29, 1.82) is 0 Å². The Morgan fingerprint density at radius 2 is 1.69 bits per heavy atom. The second-order valence-corrected chi connectivity index (χ2v) is 5.52. The normalized spacial score (nSPS) is 19.2. The smallest absolute Gasteiger partial charge is 0.242 e. The third kappa shape index (κ3) is 3.46. The van der Waals surface area contributed by atoms with Crippen LogP contribution in [-0.2, 0) is 4.79 Å². The molecule has 1 amide bonds. The van der Waals surface area contributed by atoms with Crippen molar-refractivity contribution in [2.75, 3.05) is 33.2 Å². The van der Waals surface area contributed by atoms with E-state index in [-0.39, 0.29) is 5.91 Å². The van der Waals surface area contributed by atoms with E-state index in [2.05, 4.69) is 31.1 Å². The van der Waals surface area contributed by atoms with Crippen molar-refractivity contribution in [3.8, 4) is 0 Å². The quantitative estimate of drug-likeness (QED) is 0.764. The van der Waals surface area contributed by atoms with Gasteiger partial charge in [-0.3, -0.25) is 4.79 Å². The number of rotatable bonds is 3. The number of carbonyl (C=O) groups excluding carboxylic acids is 1. The average Bonchev–Trinajstić information content (AvgIpc) is 2.16. The van der Waals surface area contributed by atoms with Crippen LogP contribution in [0.2, 0.25) is 0 Å². The first-order chi connectivity index (χ1) is 7.33. The molecular formula is C12H25N3O. The summed E-state index contributed by atoms with van der Waals surface area (Å²) in [4.78, 5) is 16.5. The van der Waals surface area contributed by atoms with Gasteiger partial charge in [0.1, 0.15) is 0 Å². The molecule has 16 heavy (non-hydrogen) atoms. The Kier molecular flexibility index (Phi) is 4.33. The second-order valence-electron chi connectivity index (χ2n) is 5.52. The summed E-state index contributed by atoms with van der Waals surface area (Å²) in [5, 5.41) is 3.32. The van der Waals surface area contributed by atoms with E-state index in [1.54, 1.807) is 0 Å². The van der Waals surface area contributed by atoms with Gasteiger partial charge in [0.05, 0.1) is 5.54 Å². The van der Waals surface area contributed by atoms with E-state index in [0.717, 1.165) is 26.2 Å². The van der Waals surface area contributed by atoms with Crippen LogP contribution in [-0.4, -0.2) is 60.5 Å². The highest BCUT2D eigenvalue weighted by atomic mass is 16.2. The first-order valence-corrected chi connectivity index (χ1v) is 6.08. The van der Waals surface area contributed by atoms with Gasteiger partial charge in [-0.2, -0.15) is 0 Å². The number of amides is 1. The summed E-state index contributed by atoms with van der Waals surface area (Å²) < 4.78 is 0. The van der Waals surface area contributed by atoms with Crippen molar-refractivity contribution in [3.05, 3.63) is 0 Å². The number of piperazine rings is 1. The maximum atomic E-state index is 12.3. The van der Waals surface area contributed by atoms with Gasteiger partial charge in [-0.05, 0) is 34.7 Å². The second kappa shape index (κ2) is 5.15. The topological polar surface area (TPSA) is 35.6 Å². The van der Waals surface area contributed by atoms with E-state index in [1.165, 1.54) is 0 Å². The molecular weight excluding hydrogens is 202 g/mol. The van der Waals surface area contributed by atoms with Crippen molar-refractivity contribution in [2.45, 2.75) is 39.3 Å². The molecule has 0 radical (unpaired) electrons. The summed E-state index contributed by atoms with van der Waals surface area (Å²) in [5.41, 5.74) is -0.454. The van der Waals surface area contributed by atoms with Gasteiger partial charge in [-0.25, -0.2) is 0 Å². The minimum Gasteiger partial charge on any atom is -0.339 e. The zero-order valence-electron chi connectivity index (χ0n) is 11.2. The summed E-state index contributed by atoms with van der Waals surface area (Å²) in [6, 6.07) is 0.325. The van der Waals surface area contributed by atoms with Crippen molar-refractivity contribution in [2.24, 2.45) is 0 Å². The van der Waals surface area contributed by atoms with Gasteiger partial charge >= 0.3 is 0 Å². The molecule has 0 aromatic rings. The molecule has 0 aliphatic carbocycles. The summed E-state index contributed by atoms with van der Waals surface area (Å²) in [6.07, 6.45) is 0. The molecule has 1 heterocycles. The first kappa shape index (κ1) is 13.5.